The number of halogens is 2. The summed E-state index contributed by atoms with van der Waals surface area (Å²) in [5, 5.41) is 22.3. The maximum Gasteiger partial charge on any atom is 0.270 e. The van der Waals surface area contributed by atoms with Gasteiger partial charge in [-0.15, -0.1) is 0 Å². The van der Waals surface area contributed by atoms with Gasteiger partial charge < -0.3 is 15.5 Å². The summed E-state index contributed by atoms with van der Waals surface area (Å²) in [6.45, 7) is 1.39. The van der Waals surface area contributed by atoms with Crippen molar-refractivity contribution in [3.63, 3.8) is 0 Å². The van der Waals surface area contributed by atoms with E-state index < -0.39 is 17.8 Å². The third kappa shape index (κ3) is 5.11. The predicted molar refractivity (Wildman–Crippen MR) is 110 cm³/mol. The number of rotatable bonds is 4. The van der Waals surface area contributed by atoms with Crippen LogP contribution in [0.2, 0.25) is 5.02 Å². The number of hydrogen-bond donors (Lipinski definition) is 3. The predicted octanol–water partition coefficient (Wildman–Crippen LogP) is 3.15. The maximum atomic E-state index is 13.9. The van der Waals surface area contributed by atoms with Gasteiger partial charge in [0.15, 0.2) is 0 Å². The maximum absolute atomic E-state index is 13.9. The zero-order valence-corrected chi connectivity index (χ0v) is 16.6. The molecule has 1 aromatic carbocycles. The van der Waals surface area contributed by atoms with E-state index in [1.807, 2.05) is 0 Å². The molecule has 0 saturated heterocycles. The van der Waals surface area contributed by atoms with Crippen LogP contribution < -0.4 is 5.32 Å². The first-order chi connectivity index (χ1) is 14.4. The largest absolute Gasteiger partial charge is 0.508 e. The Labute approximate surface area is 177 Å². The minimum atomic E-state index is -0.959. The molecule has 2 heterocycles. The second kappa shape index (κ2) is 9.35. The van der Waals surface area contributed by atoms with E-state index in [0.29, 0.717) is 22.0 Å². The number of benzene rings is 1. The monoisotopic (exact) mass is 425 g/mol. The number of nitrogens with zero attached hydrogens (tertiary/aromatic N) is 2. The van der Waals surface area contributed by atoms with Crippen molar-refractivity contribution < 1.29 is 19.4 Å². The summed E-state index contributed by atoms with van der Waals surface area (Å²) in [5.74, 6) is 3.90. The number of pyridine rings is 2. The molecule has 1 unspecified atom stereocenters. The molecule has 0 bridgehead atoms. The summed E-state index contributed by atoms with van der Waals surface area (Å²) in [6.07, 6.45) is 1.39. The first kappa shape index (κ1) is 21.2. The third-order valence-corrected chi connectivity index (χ3v) is 4.34. The third-order valence-electron chi connectivity index (χ3n) is 4.12. The van der Waals surface area contributed by atoms with E-state index in [4.69, 9.17) is 16.7 Å². The number of carbonyl (C=O) groups excluding carboxylic acids is 1. The molecule has 152 valence electrons. The van der Waals surface area contributed by atoms with Crippen LogP contribution in [0, 0.1) is 24.6 Å². The van der Waals surface area contributed by atoms with Gasteiger partial charge in [-0.2, -0.15) is 0 Å². The molecule has 0 aliphatic heterocycles. The Morgan fingerprint density at radius 3 is 2.77 bits per heavy atom. The Balaban J connectivity index is 2.01. The molecule has 30 heavy (non-hydrogen) atoms. The van der Waals surface area contributed by atoms with Crippen molar-refractivity contribution in [2.75, 3.05) is 6.61 Å². The van der Waals surface area contributed by atoms with E-state index in [2.05, 4.69) is 27.1 Å². The van der Waals surface area contributed by atoms with Gasteiger partial charge in [0.1, 0.15) is 29.9 Å². The van der Waals surface area contributed by atoms with Gasteiger partial charge >= 0.3 is 0 Å². The Morgan fingerprint density at radius 1 is 1.27 bits per heavy atom. The van der Waals surface area contributed by atoms with Gasteiger partial charge in [0.2, 0.25) is 0 Å². The van der Waals surface area contributed by atoms with Crippen LogP contribution in [0.3, 0.4) is 0 Å². The van der Waals surface area contributed by atoms with Crippen LogP contribution in [-0.2, 0) is 0 Å². The molecule has 1 atom stereocenters. The number of phenolic OH excluding ortho intramolecular Hbond substituents is 1. The summed E-state index contributed by atoms with van der Waals surface area (Å²) in [7, 11) is 0. The highest BCUT2D eigenvalue weighted by Crippen LogP contribution is 2.30. The van der Waals surface area contributed by atoms with E-state index >= 15 is 0 Å². The van der Waals surface area contributed by atoms with Gasteiger partial charge in [-0.25, -0.2) is 9.37 Å². The molecule has 0 saturated carbocycles. The van der Waals surface area contributed by atoms with Crippen LogP contribution in [0.15, 0.2) is 48.7 Å². The highest BCUT2D eigenvalue weighted by atomic mass is 35.5. The highest BCUT2D eigenvalue weighted by molar-refractivity contribution is 6.30. The fraction of sp³-hybridized carbons (Fsp3) is 0.136. The highest BCUT2D eigenvalue weighted by Gasteiger charge is 2.23. The first-order valence-electron chi connectivity index (χ1n) is 8.86. The molecule has 6 nitrogen and oxygen atoms in total. The van der Waals surface area contributed by atoms with Gasteiger partial charge in [0.25, 0.3) is 5.91 Å². The second-order valence-electron chi connectivity index (χ2n) is 6.35. The van der Waals surface area contributed by atoms with Gasteiger partial charge in [-0.3, -0.25) is 9.78 Å². The Kier molecular flexibility index (Phi) is 6.62. The molecule has 1 amide bonds. The van der Waals surface area contributed by atoms with Crippen molar-refractivity contribution in [3.05, 3.63) is 87.7 Å². The van der Waals surface area contributed by atoms with Crippen LogP contribution in [0.25, 0.3) is 0 Å². The van der Waals surface area contributed by atoms with Crippen LogP contribution in [0.5, 0.6) is 5.75 Å². The first-order valence-corrected chi connectivity index (χ1v) is 9.24. The molecule has 0 fully saturated rings. The number of amides is 1. The number of carbonyl (C=O) groups is 1. The van der Waals surface area contributed by atoms with E-state index in [1.54, 1.807) is 25.1 Å². The lowest BCUT2D eigenvalue weighted by Gasteiger charge is -2.20. The fourth-order valence-electron chi connectivity index (χ4n) is 2.83. The van der Waals surface area contributed by atoms with E-state index in [1.165, 1.54) is 18.3 Å². The summed E-state index contributed by atoms with van der Waals surface area (Å²) < 4.78 is 13.9. The van der Waals surface area contributed by atoms with Crippen molar-refractivity contribution in [2.24, 2.45) is 0 Å². The van der Waals surface area contributed by atoms with Crippen LogP contribution in [0.1, 0.15) is 39.0 Å². The molecule has 2 aromatic heterocycles. The Hall–Kier alpha value is -3.47. The van der Waals surface area contributed by atoms with E-state index in [-0.39, 0.29) is 23.6 Å². The van der Waals surface area contributed by atoms with Crippen molar-refractivity contribution >= 4 is 17.5 Å². The quantitative estimate of drug-likeness (QED) is 0.558. The zero-order chi connectivity index (χ0) is 21.7. The van der Waals surface area contributed by atoms with Gasteiger partial charge in [-0.05, 0) is 49.4 Å². The smallest absolute Gasteiger partial charge is 0.270 e. The molecule has 0 spiro atoms. The number of hydrogen-bond acceptors (Lipinski definition) is 5. The van der Waals surface area contributed by atoms with Crippen molar-refractivity contribution in [1.82, 2.24) is 15.3 Å². The summed E-state index contributed by atoms with van der Waals surface area (Å²) in [6, 6.07) is 8.78. The Morgan fingerprint density at radius 2 is 2.07 bits per heavy atom. The molecule has 0 radical (unpaired) electrons. The molecule has 3 aromatic rings. The van der Waals surface area contributed by atoms with E-state index in [0.717, 1.165) is 12.1 Å². The average Bonchev–Trinajstić information content (AvgIpc) is 2.72. The summed E-state index contributed by atoms with van der Waals surface area (Å²) >= 11 is 5.90. The molecule has 0 aliphatic carbocycles. The SMILES string of the molecule is Cc1cc(C#CCO)cc(C(=O)NC(c2ccc(Cl)cn2)c2cc(F)ccc2O)n1. The number of aliphatic hydroxyl groups is 1. The molecular weight excluding hydrogens is 409 g/mol. The van der Waals surface area contributed by atoms with Gasteiger partial charge in [0, 0.05) is 23.0 Å². The van der Waals surface area contributed by atoms with Crippen molar-refractivity contribution in [2.45, 2.75) is 13.0 Å². The van der Waals surface area contributed by atoms with Gasteiger partial charge in [0.05, 0.1) is 10.7 Å². The van der Waals surface area contributed by atoms with Crippen LogP contribution >= 0.6 is 11.6 Å². The fourth-order valence-corrected chi connectivity index (χ4v) is 2.94. The molecular formula is C22H17ClFN3O3. The minimum absolute atomic E-state index is 0.0760. The number of aryl methyl sites for hydroxylation is 1. The summed E-state index contributed by atoms with van der Waals surface area (Å²) in [5.41, 5.74) is 1.62. The number of aromatic nitrogens is 2. The molecule has 8 heteroatoms. The molecule has 3 N–H and O–H groups in total. The second-order valence-corrected chi connectivity index (χ2v) is 6.79. The topological polar surface area (TPSA) is 95.3 Å². The number of nitrogens with one attached hydrogen (secondary N) is 1. The van der Waals surface area contributed by atoms with Gasteiger partial charge in [-0.1, -0.05) is 23.4 Å². The summed E-state index contributed by atoms with van der Waals surface area (Å²) in [4.78, 5) is 21.4. The lowest BCUT2D eigenvalue weighted by molar-refractivity contribution is 0.0936. The number of aliphatic hydroxyl groups excluding tert-OH is 1. The van der Waals surface area contributed by atoms with Crippen LogP contribution in [-0.4, -0.2) is 32.7 Å². The number of phenols is 1. The lowest BCUT2D eigenvalue weighted by atomic mass is 10.0. The van der Waals surface area contributed by atoms with Crippen LogP contribution in [0.4, 0.5) is 4.39 Å². The average molecular weight is 426 g/mol. The minimum Gasteiger partial charge on any atom is -0.508 e. The molecule has 3 rings (SSSR count). The van der Waals surface area contributed by atoms with Crippen molar-refractivity contribution in [1.29, 1.82) is 0 Å². The number of aromatic hydroxyl groups is 1. The lowest BCUT2D eigenvalue weighted by Crippen LogP contribution is -2.31. The van der Waals surface area contributed by atoms with Crippen molar-refractivity contribution in [3.8, 4) is 17.6 Å². The normalized spacial score (nSPS) is 11.3. The van der Waals surface area contributed by atoms with E-state index in [9.17, 15) is 14.3 Å². The Bertz CT molecular complexity index is 1140. The zero-order valence-electron chi connectivity index (χ0n) is 15.9. The molecule has 0 aliphatic rings. The standard InChI is InChI=1S/C22H17ClFN3O3/c1-13-9-14(3-2-8-28)10-19(26-13)22(30)27-21(18-6-4-15(23)12-25-18)17-11-16(24)5-7-20(17)29/h4-7,9-12,21,28-29H,8H2,1H3,(H,27,30).